The molecule has 2 amide bonds. The minimum absolute atomic E-state index is 0.0759. The van der Waals surface area contributed by atoms with Gasteiger partial charge in [0.15, 0.2) is 12.4 Å². The first-order valence-electron chi connectivity index (χ1n) is 8.87. The minimum atomic E-state index is -0.947. The fraction of sp³-hybridized carbons (Fsp3) is 0.200. The maximum absolute atomic E-state index is 12.2. The van der Waals surface area contributed by atoms with Gasteiger partial charge in [-0.25, -0.2) is 9.48 Å². The molecule has 9 nitrogen and oxygen atoms in total. The summed E-state index contributed by atoms with van der Waals surface area (Å²) < 4.78 is 11.5. The van der Waals surface area contributed by atoms with Gasteiger partial charge >= 0.3 is 5.97 Å². The number of ether oxygens (including phenoxy) is 1. The van der Waals surface area contributed by atoms with Gasteiger partial charge in [-0.15, -0.1) is 0 Å². The number of hydrogen-bond donors (Lipinski definition) is 2. The highest BCUT2D eigenvalue weighted by atomic mass is 16.5. The van der Waals surface area contributed by atoms with Crippen LogP contribution in [0.2, 0.25) is 0 Å². The van der Waals surface area contributed by atoms with E-state index in [9.17, 15) is 14.4 Å². The molecule has 0 saturated carbocycles. The largest absolute Gasteiger partial charge is 0.459 e. The lowest BCUT2D eigenvalue weighted by molar-refractivity contribution is -0.148. The molecule has 2 heterocycles. The molecule has 0 aliphatic heterocycles. The van der Waals surface area contributed by atoms with Crippen molar-refractivity contribution in [1.82, 2.24) is 15.1 Å². The van der Waals surface area contributed by atoms with Gasteiger partial charge in [0, 0.05) is 6.07 Å². The van der Waals surface area contributed by atoms with E-state index in [-0.39, 0.29) is 5.76 Å². The molecule has 150 valence electrons. The standard InChI is InChI=1S/C20H20N4O5/c1-13-11-17(24(23-13)15-7-4-3-5-8-15)22-18(25)12-29-20(27)14(2)21-19(26)16-9-6-10-28-16/h3-11,14H,12H2,1-2H3,(H,21,26)(H,22,25)/t14-/m0/s1. The first kappa shape index (κ1) is 19.9. The number of rotatable bonds is 7. The van der Waals surface area contributed by atoms with Gasteiger partial charge in [0.05, 0.1) is 17.6 Å². The van der Waals surface area contributed by atoms with Gasteiger partial charge in [-0.2, -0.15) is 5.10 Å². The molecule has 0 unspecified atom stereocenters. The van der Waals surface area contributed by atoms with Crippen LogP contribution in [0.25, 0.3) is 5.69 Å². The van der Waals surface area contributed by atoms with Gasteiger partial charge in [-0.05, 0) is 38.1 Å². The number of esters is 1. The smallest absolute Gasteiger partial charge is 0.328 e. The van der Waals surface area contributed by atoms with E-state index in [2.05, 4.69) is 15.7 Å². The van der Waals surface area contributed by atoms with Gasteiger partial charge in [0.25, 0.3) is 11.8 Å². The van der Waals surface area contributed by atoms with Crippen LogP contribution in [-0.2, 0) is 14.3 Å². The van der Waals surface area contributed by atoms with E-state index in [0.29, 0.717) is 5.82 Å². The first-order valence-corrected chi connectivity index (χ1v) is 8.87. The number of hydrogen-bond acceptors (Lipinski definition) is 6. The molecular weight excluding hydrogens is 376 g/mol. The Labute approximate surface area is 166 Å². The Kier molecular flexibility index (Phi) is 6.08. The number of para-hydroxylation sites is 1. The van der Waals surface area contributed by atoms with E-state index in [0.717, 1.165) is 11.4 Å². The summed E-state index contributed by atoms with van der Waals surface area (Å²) in [5.41, 5.74) is 1.50. The van der Waals surface area contributed by atoms with Gasteiger partial charge < -0.3 is 19.8 Å². The second kappa shape index (κ2) is 8.87. The van der Waals surface area contributed by atoms with Crippen molar-refractivity contribution in [2.45, 2.75) is 19.9 Å². The molecule has 0 radical (unpaired) electrons. The summed E-state index contributed by atoms with van der Waals surface area (Å²) in [5, 5.41) is 9.46. The molecule has 29 heavy (non-hydrogen) atoms. The van der Waals surface area contributed by atoms with Gasteiger partial charge in [-0.3, -0.25) is 9.59 Å². The Bertz CT molecular complexity index is 995. The fourth-order valence-electron chi connectivity index (χ4n) is 2.53. The Hall–Kier alpha value is -3.88. The Balaban J connectivity index is 1.54. The van der Waals surface area contributed by atoms with E-state index in [4.69, 9.17) is 9.15 Å². The quantitative estimate of drug-likeness (QED) is 0.591. The van der Waals surface area contributed by atoms with Crippen LogP contribution in [-0.4, -0.2) is 40.2 Å². The van der Waals surface area contributed by atoms with Crippen molar-refractivity contribution in [3.63, 3.8) is 0 Å². The second-order valence-corrected chi connectivity index (χ2v) is 6.25. The summed E-state index contributed by atoms with van der Waals surface area (Å²) in [6.07, 6.45) is 1.35. The summed E-state index contributed by atoms with van der Waals surface area (Å²) >= 11 is 0. The number of aryl methyl sites for hydroxylation is 1. The molecule has 0 aliphatic rings. The van der Waals surface area contributed by atoms with Gasteiger partial charge in [0.2, 0.25) is 0 Å². The highest BCUT2D eigenvalue weighted by Gasteiger charge is 2.20. The predicted octanol–water partition coefficient (Wildman–Crippen LogP) is 2.07. The van der Waals surface area contributed by atoms with Crippen molar-refractivity contribution in [3.05, 3.63) is 66.2 Å². The van der Waals surface area contributed by atoms with E-state index in [1.165, 1.54) is 19.3 Å². The van der Waals surface area contributed by atoms with Crippen molar-refractivity contribution in [1.29, 1.82) is 0 Å². The molecule has 9 heteroatoms. The molecule has 0 bridgehead atoms. The van der Waals surface area contributed by atoms with Crippen LogP contribution in [0.3, 0.4) is 0 Å². The lowest BCUT2D eigenvalue weighted by Crippen LogP contribution is -2.40. The van der Waals surface area contributed by atoms with E-state index >= 15 is 0 Å². The highest BCUT2D eigenvalue weighted by Crippen LogP contribution is 2.16. The number of benzene rings is 1. The third kappa shape index (κ3) is 5.10. The lowest BCUT2D eigenvalue weighted by Gasteiger charge is -2.13. The maximum atomic E-state index is 12.2. The summed E-state index contributed by atoms with van der Waals surface area (Å²) in [6, 6.07) is 13.1. The SMILES string of the molecule is Cc1cc(NC(=O)COC(=O)[C@H](C)NC(=O)c2ccco2)n(-c2ccccc2)n1. The Morgan fingerprint density at radius 2 is 1.93 bits per heavy atom. The number of anilines is 1. The number of carbonyl (C=O) groups is 3. The topological polar surface area (TPSA) is 115 Å². The van der Waals surface area contributed by atoms with Crippen LogP contribution >= 0.6 is 0 Å². The summed E-state index contributed by atoms with van der Waals surface area (Å²) in [7, 11) is 0. The monoisotopic (exact) mass is 396 g/mol. The number of carbonyl (C=O) groups excluding carboxylic acids is 3. The Morgan fingerprint density at radius 1 is 1.17 bits per heavy atom. The summed E-state index contributed by atoms with van der Waals surface area (Å²) in [5.74, 6) is -1.29. The molecule has 0 spiro atoms. The van der Waals surface area contributed by atoms with Crippen LogP contribution < -0.4 is 10.6 Å². The van der Waals surface area contributed by atoms with Crippen LogP contribution in [0.1, 0.15) is 23.2 Å². The molecule has 0 aliphatic carbocycles. The number of aromatic nitrogens is 2. The zero-order valence-corrected chi connectivity index (χ0v) is 15.9. The molecule has 1 aromatic carbocycles. The molecule has 2 N–H and O–H groups in total. The number of nitrogens with one attached hydrogen (secondary N) is 2. The van der Waals surface area contributed by atoms with Crippen LogP contribution in [0.15, 0.2) is 59.2 Å². The molecule has 1 atom stereocenters. The van der Waals surface area contributed by atoms with Gasteiger partial charge in [0.1, 0.15) is 11.9 Å². The van der Waals surface area contributed by atoms with Crippen molar-refractivity contribution in [3.8, 4) is 5.69 Å². The molecule has 3 aromatic rings. The third-order valence-electron chi connectivity index (χ3n) is 3.89. The zero-order chi connectivity index (χ0) is 20.8. The van der Waals surface area contributed by atoms with Crippen molar-refractivity contribution >= 4 is 23.6 Å². The van der Waals surface area contributed by atoms with Crippen molar-refractivity contribution < 1.29 is 23.5 Å². The number of furan rings is 1. The molecule has 0 saturated heterocycles. The van der Waals surface area contributed by atoms with Crippen molar-refractivity contribution in [2.24, 2.45) is 0 Å². The normalized spacial score (nSPS) is 11.5. The van der Waals surface area contributed by atoms with Crippen LogP contribution in [0, 0.1) is 6.92 Å². The van der Waals surface area contributed by atoms with E-state index < -0.39 is 30.4 Å². The maximum Gasteiger partial charge on any atom is 0.328 e. The van der Waals surface area contributed by atoms with Gasteiger partial charge in [-0.1, -0.05) is 18.2 Å². The molecule has 0 fully saturated rings. The van der Waals surface area contributed by atoms with E-state index in [1.54, 1.807) is 23.7 Å². The Morgan fingerprint density at radius 3 is 2.62 bits per heavy atom. The molecular formula is C20H20N4O5. The summed E-state index contributed by atoms with van der Waals surface area (Å²) in [4.78, 5) is 36.1. The summed E-state index contributed by atoms with van der Waals surface area (Å²) in [6.45, 7) is 2.76. The average molecular weight is 396 g/mol. The third-order valence-corrected chi connectivity index (χ3v) is 3.89. The molecule has 3 rings (SSSR count). The number of amides is 2. The molecule has 2 aromatic heterocycles. The number of nitrogens with zero attached hydrogens (tertiary/aromatic N) is 2. The minimum Gasteiger partial charge on any atom is -0.459 e. The zero-order valence-electron chi connectivity index (χ0n) is 15.9. The highest BCUT2D eigenvalue weighted by molar-refractivity contribution is 5.95. The second-order valence-electron chi connectivity index (χ2n) is 6.25. The average Bonchev–Trinajstić information content (AvgIpc) is 3.36. The van der Waals surface area contributed by atoms with Crippen LogP contribution in [0.4, 0.5) is 5.82 Å². The van der Waals surface area contributed by atoms with Crippen LogP contribution in [0.5, 0.6) is 0 Å². The fourth-order valence-corrected chi connectivity index (χ4v) is 2.53. The van der Waals surface area contributed by atoms with Crippen molar-refractivity contribution in [2.75, 3.05) is 11.9 Å². The predicted molar refractivity (Wildman–Crippen MR) is 104 cm³/mol. The first-order chi connectivity index (χ1) is 13.9. The van der Waals surface area contributed by atoms with E-state index in [1.807, 2.05) is 30.3 Å². The lowest BCUT2D eigenvalue weighted by atomic mass is 10.3.